The smallest absolute Gasteiger partial charge is 0.251 e. The molecule has 1 heterocycles. The maximum absolute atomic E-state index is 14.3. The van der Waals surface area contributed by atoms with E-state index in [-0.39, 0.29) is 11.9 Å². The van der Waals surface area contributed by atoms with Gasteiger partial charge in [0.2, 0.25) is 0 Å². The van der Waals surface area contributed by atoms with Crippen LogP contribution in [0.15, 0.2) is 30.5 Å². The summed E-state index contributed by atoms with van der Waals surface area (Å²) in [6.07, 6.45) is 2.10. The average Bonchev–Trinajstić information content (AvgIpc) is 2.96. The van der Waals surface area contributed by atoms with Gasteiger partial charge in [-0.2, -0.15) is 5.10 Å². The van der Waals surface area contributed by atoms with Gasteiger partial charge < -0.3 is 10.6 Å². The van der Waals surface area contributed by atoms with E-state index in [1.165, 1.54) is 0 Å². The van der Waals surface area contributed by atoms with Crippen LogP contribution in [0.2, 0.25) is 0 Å². The fraction of sp³-hybridized carbons (Fsp3) is 0.444. The number of carbonyl (C=O) groups excluding carboxylic acids is 1. The average molecular weight is 330 g/mol. The third-order valence-electron chi connectivity index (χ3n) is 4.53. The molecule has 1 aromatic carbocycles. The van der Waals surface area contributed by atoms with E-state index in [1.54, 1.807) is 18.3 Å². The van der Waals surface area contributed by atoms with Crippen molar-refractivity contribution in [2.45, 2.75) is 38.5 Å². The molecule has 1 aromatic heterocycles. The largest absolute Gasteiger partial charge is 0.352 e. The van der Waals surface area contributed by atoms with Gasteiger partial charge in [-0.3, -0.25) is 9.48 Å². The predicted molar refractivity (Wildman–Crippen MR) is 90.5 cm³/mol. The summed E-state index contributed by atoms with van der Waals surface area (Å²) < 4.78 is 16.2. The number of carbonyl (C=O) groups is 1. The molecule has 0 saturated carbocycles. The summed E-state index contributed by atoms with van der Waals surface area (Å²) in [5.74, 6) is -0.0758. The quantitative estimate of drug-likeness (QED) is 0.884. The lowest BCUT2D eigenvalue weighted by molar-refractivity contribution is 0.0956. The van der Waals surface area contributed by atoms with E-state index >= 15 is 0 Å². The molecule has 1 amide bonds. The van der Waals surface area contributed by atoms with E-state index in [2.05, 4.69) is 15.7 Å². The number of rotatable bonds is 5. The van der Waals surface area contributed by atoms with Gasteiger partial charge in [-0.25, -0.2) is 4.39 Å². The topological polar surface area (TPSA) is 59.0 Å². The molecule has 1 aliphatic carbocycles. The summed E-state index contributed by atoms with van der Waals surface area (Å²) in [5, 5.41) is 10.3. The maximum atomic E-state index is 14.3. The van der Waals surface area contributed by atoms with Gasteiger partial charge in [0.15, 0.2) is 0 Å². The van der Waals surface area contributed by atoms with Gasteiger partial charge >= 0.3 is 0 Å². The summed E-state index contributed by atoms with van der Waals surface area (Å²) in [6, 6.07) is 7.07. The van der Waals surface area contributed by atoms with E-state index in [9.17, 15) is 9.18 Å². The molecule has 0 radical (unpaired) electrons. The molecule has 0 saturated heterocycles. The van der Waals surface area contributed by atoms with Crippen LogP contribution in [-0.2, 0) is 20.0 Å². The van der Waals surface area contributed by atoms with Gasteiger partial charge in [0.05, 0.1) is 12.2 Å². The van der Waals surface area contributed by atoms with Gasteiger partial charge in [0, 0.05) is 37.0 Å². The fourth-order valence-corrected chi connectivity index (χ4v) is 3.18. The molecule has 2 N–H and O–H groups in total. The Bertz CT molecular complexity index is 710. The third kappa shape index (κ3) is 3.33. The van der Waals surface area contributed by atoms with E-state index in [0.717, 1.165) is 23.2 Å². The number of benzene rings is 1. The Kier molecular flexibility index (Phi) is 4.94. The molecule has 128 valence electrons. The second-order valence-electron chi connectivity index (χ2n) is 6.14. The molecule has 0 spiro atoms. The lowest BCUT2D eigenvalue weighted by Gasteiger charge is -2.27. The minimum absolute atomic E-state index is 0.0758. The second kappa shape index (κ2) is 7.13. The first-order valence-corrected chi connectivity index (χ1v) is 8.35. The summed E-state index contributed by atoms with van der Waals surface area (Å²) in [7, 11) is 1.90. The summed E-state index contributed by atoms with van der Waals surface area (Å²) in [5.41, 5.74) is 3.71. The Balaban J connectivity index is 1.66. The van der Waals surface area contributed by atoms with E-state index < -0.39 is 6.17 Å². The summed E-state index contributed by atoms with van der Waals surface area (Å²) >= 11 is 0. The highest BCUT2D eigenvalue weighted by Crippen LogP contribution is 2.31. The second-order valence-corrected chi connectivity index (χ2v) is 6.14. The molecule has 0 aliphatic heterocycles. The Morgan fingerprint density at radius 3 is 2.83 bits per heavy atom. The van der Waals surface area contributed by atoms with Crippen LogP contribution < -0.4 is 10.6 Å². The zero-order valence-corrected chi connectivity index (χ0v) is 14.1. The number of fused-ring (bicyclic) bond motifs is 1. The standard InChI is InChI=1S/C18H23FN4O/c1-3-20-18(24)13-6-4-12(5-7-13)10-21-17-14-11-22-23(2)16(14)9-8-15(17)19/h4-7,11,15,17,21H,3,8-10H2,1-2H3,(H,20,24). The number of nitrogens with one attached hydrogen (secondary N) is 2. The van der Waals surface area contributed by atoms with Gasteiger partial charge in [-0.1, -0.05) is 12.1 Å². The monoisotopic (exact) mass is 330 g/mol. The Hall–Kier alpha value is -2.21. The number of aryl methyl sites for hydroxylation is 1. The summed E-state index contributed by atoms with van der Waals surface area (Å²) in [6.45, 7) is 3.05. The van der Waals surface area contributed by atoms with Gasteiger partial charge in [0.1, 0.15) is 6.17 Å². The zero-order chi connectivity index (χ0) is 17.1. The number of aromatic nitrogens is 2. The lowest BCUT2D eigenvalue weighted by Crippen LogP contribution is -2.33. The third-order valence-corrected chi connectivity index (χ3v) is 4.53. The molecular weight excluding hydrogens is 307 g/mol. The minimum atomic E-state index is -0.906. The molecule has 1 aliphatic rings. The predicted octanol–water partition coefficient (Wildman–Crippen LogP) is 2.29. The van der Waals surface area contributed by atoms with Crippen molar-refractivity contribution in [2.75, 3.05) is 6.54 Å². The van der Waals surface area contributed by atoms with Gasteiger partial charge in [-0.15, -0.1) is 0 Å². The number of hydrogen-bond donors (Lipinski definition) is 2. The fourth-order valence-electron chi connectivity index (χ4n) is 3.18. The molecular formula is C18H23FN4O. The van der Waals surface area contributed by atoms with Crippen molar-refractivity contribution in [2.24, 2.45) is 7.05 Å². The van der Waals surface area contributed by atoms with Crippen molar-refractivity contribution in [3.63, 3.8) is 0 Å². The van der Waals surface area contributed by atoms with Crippen molar-refractivity contribution < 1.29 is 9.18 Å². The highest BCUT2D eigenvalue weighted by molar-refractivity contribution is 5.94. The molecule has 0 bridgehead atoms. The normalized spacial score (nSPS) is 19.8. The molecule has 6 heteroatoms. The summed E-state index contributed by atoms with van der Waals surface area (Å²) in [4.78, 5) is 11.8. The first-order valence-electron chi connectivity index (χ1n) is 8.35. The number of amides is 1. The van der Waals surface area contributed by atoms with Crippen LogP contribution in [0, 0.1) is 0 Å². The molecule has 2 atom stereocenters. The zero-order valence-electron chi connectivity index (χ0n) is 14.1. The van der Waals surface area contributed by atoms with Crippen LogP contribution in [0.3, 0.4) is 0 Å². The van der Waals surface area contributed by atoms with Crippen molar-refractivity contribution in [3.05, 3.63) is 52.8 Å². The lowest BCUT2D eigenvalue weighted by atomic mass is 9.91. The number of nitrogens with zero attached hydrogens (tertiary/aromatic N) is 2. The molecule has 24 heavy (non-hydrogen) atoms. The van der Waals surface area contributed by atoms with Gasteiger partial charge in [0.25, 0.3) is 5.91 Å². The van der Waals surface area contributed by atoms with Crippen LogP contribution in [-0.4, -0.2) is 28.4 Å². The maximum Gasteiger partial charge on any atom is 0.251 e. The number of halogens is 1. The molecule has 2 aromatic rings. The molecule has 5 nitrogen and oxygen atoms in total. The van der Waals surface area contributed by atoms with E-state index in [4.69, 9.17) is 0 Å². The highest BCUT2D eigenvalue weighted by Gasteiger charge is 2.31. The van der Waals surface area contributed by atoms with Crippen molar-refractivity contribution in [1.82, 2.24) is 20.4 Å². The van der Waals surface area contributed by atoms with Crippen LogP contribution in [0.5, 0.6) is 0 Å². The Labute approximate surface area is 141 Å². The van der Waals surface area contributed by atoms with Crippen LogP contribution in [0.25, 0.3) is 0 Å². The molecule has 0 fully saturated rings. The van der Waals surface area contributed by atoms with Crippen LogP contribution >= 0.6 is 0 Å². The first kappa shape index (κ1) is 16.6. The minimum Gasteiger partial charge on any atom is -0.352 e. The Morgan fingerprint density at radius 2 is 2.12 bits per heavy atom. The van der Waals surface area contributed by atoms with Crippen LogP contribution in [0.1, 0.15) is 46.6 Å². The van der Waals surface area contributed by atoms with Crippen molar-refractivity contribution >= 4 is 5.91 Å². The number of hydrogen-bond acceptors (Lipinski definition) is 3. The highest BCUT2D eigenvalue weighted by atomic mass is 19.1. The van der Waals surface area contributed by atoms with Crippen LogP contribution in [0.4, 0.5) is 4.39 Å². The molecule has 2 unspecified atom stereocenters. The van der Waals surface area contributed by atoms with E-state index in [1.807, 2.05) is 30.8 Å². The first-order chi connectivity index (χ1) is 11.6. The van der Waals surface area contributed by atoms with Crippen molar-refractivity contribution in [1.29, 1.82) is 0 Å². The molecule has 3 rings (SSSR count). The Morgan fingerprint density at radius 1 is 1.38 bits per heavy atom. The number of alkyl halides is 1. The van der Waals surface area contributed by atoms with E-state index in [0.29, 0.717) is 25.1 Å². The SMILES string of the molecule is CCNC(=O)c1ccc(CNC2c3cnn(C)c3CCC2F)cc1. The van der Waals surface area contributed by atoms with Crippen molar-refractivity contribution in [3.8, 4) is 0 Å². The van der Waals surface area contributed by atoms with Gasteiger partial charge in [-0.05, 0) is 37.5 Å².